The lowest BCUT2D eigenvalue weighted by molar-refractivity contribution is -0.231. The van der Waals surface area contributed by atoms with Crippen molar-refractivity contribution in [3.63, 3.8) is 0 Å². The largest absolute Gasteiger partial charge is 0.461 e. The Labute approximate surface area is 218 Å². The molecule has 0 bridgehead atoms. The first-order chi connectivity index (χ1) is 16.8. The van der Waals surface area contributed by atoms with E-state index in [2.05, 4.69) is 41.2 Å². The van der Waals surface area contributed by atoms with Crippen LogP contribution >= 0.6 is 0 Å². The van der Waals surface area contributed by atoms with E-state index in [1.165, 1.54) is 26.1 Å². The van der Waals surface area contributed by atoms with E-state index in [0.717, 1.165) is 56.9 Å². The van der Waals surface area contributed by atoms with Crippen LogP contribution < -0.4 is 0 Å². The number of carbonyl (C=O) groups excluding carboxylic acids is 3. The Hall–Kier alpha value is -1.45. The minimum Gasteiger partial charge on any atom is -0.461 e. The summed E-state index contributed by atoms with van der Waals surface area (Å²) in [6.07, 6.45) is 11.7. The van der Waals surface area contributed by atoms with E-state index in [4.69, 9.17) is 4.74 Å². The molecule has 200 valence electrons. The van der Waals surface area contributed by atoms with Crippen molar-refractivity contribution in [2.24, 2.45) is 56.7 Å². The van der Waals surface area contributed by atoms with Gasteiger partial charge in [0.15, 0.2) is 0 Å². The van der Waals surface area contributed by atoms with Gasteiger partial charge in [-0.1, -0.05) is 41.2 Å². The highest BCUT2D eigenvalue weighted by atomic mass is 16.5. The van der Waals surface area contributed by atoms with E-state index < -0.39 is 0 Å². The Balaban J connectivity index is 1.51. The van der Waals surface area contributed by atoms with Crippen molar-refractivity contribution < 1.29 is 19.1 Å². The molecule has 0 spiro atoms. The summed E-state index contributed by atoms with van der Waals surface area (Å²) < 4.78 is 5.38. The van der Waals surface area contributed by atoms with Gasteiger partial charge in [-0.2, -0.15) is 0 Å². The molecule has 5 aliphatic rings. The summed E-state index contributed by atoms with van der Waals surface area (Å²) in [6.45, 7) is 18.2. The van der Waals surface area contributed by atoms with Crippen molar-refractivity contribution >= 4 is 18.0 Å². The fourth-order valence-corrected chi connectivity index (χ4v) is 11.4. The number of Topliss-reactive ketones (excluding diaryl/α,β-unsaturated/α-hetero) is 1. The average Bonchev–Trinajstić information content (AvgIpc) is 3.21. The van der Waals surface area contributed by atoms with Crippen LogP contribution in [0.4, 0.5) is 0 Å². The highest BCUT2D eigenvalue weighted by Crippen LogP contribution is 2.77. The zero-order valence-corrected chi connectivity index (χ0v) is 23.6. The number of fused-ring (bicyclic) bond motifs is 7. The van der Waals surface area contributed by atoms with E-state index >= 15 is 0 Å². The molecule has 5 fully saturated rings. The van der Waals surface area contributed by atoms with Crippen LogP contribution in [0.15, 0.2) is 12.2 Å². The fourth-order valence-electron chi connectivity index (χ4n) is 11.4. The molecule has 0 aromatic rings. The average molecular weight is 497 g/mol. The predicted octanol–water partition coefficient (Wildman–Crippen LogP) is 6.96. The normalized spacial score (nSPS) is 49.2. The molecule has 5 rings (SSSR count). The number of ether oxygens (including phenoxy) is 1. The second-order valence-electron chi connectivity index (χ2n) is 14.8. The van der Waals surface area contributed by atoms with Crippen molar-refractivity contribution in [1.29, 1.82) is 0 Å². The van der Waals surface area contributed by atoms with Crippen LogP contribution in [0.25, 0.3) is 0 Å². The maximum Gasteiger partial charge on any atom is 0.302 e. The van der Waals surface area contributed by atoms with Crippen LogP contribution in [0.3, 0.4) is 0 Å². The summed E-state index contributed by atoms with van der Waals surface area (Å²) in [7, 11) is 0. The molecule has 1 unspecified atom stereocenters. The Morgan fingerprint density at radius 1 is 0.944 bits per heavy atom. The number of hydrogen-bond acceptors (Lipinski definition) is 4. The van der Waals surface area contributed by atoms with Gasteiger partial charge < -0.3 is 9.53 Å². The number of aldehydes is 1. The standard InChI is InChI=1S/C32H48O4/c1-20(18-36-21(2)34)22-10-15-32(19-33)17-16-30(6)23(27(22)32)8-9-25-29(5)13-12-26(35)28(3,4)24(29)11-14-31(25,30)7/h19,22-25,27H,1,8-18H2,2-7H3/t22-,23+,24?,25+,27+,29-,30+,31+,32+/m0/s1. The van der Waals surface area contributed by atoms with Crippen LogP contribution in [-0.2, 0) is 19.1 Å². The molecule has 5 aliphatic carbocycles. The highest BCUT2D eigenvalue weighted by molar-refractivity contribution is 5.85. The van der Waals surface area contributed by atoms with Gasteiger partial charge in [0.2, 0.25) is 0 Å². The molecule has 0 aromatic carbocycles. The first kappa shape index (κ1) is 26.2. The summed E-state index contributed by atoms with van der Waals surface area (Å²) in [6, 6.07) is 0. The number of ketones is 1. The lowest BCUT2D eigenvalue weighted by Gasteiger charge is -2.72. The molecule has 0 radical (unpaired) electrons. The van der Waals surface area contributed by atoms with Gasteiger partial charge in [-0.25, -0.2) is 0 Å². The minimum absolute atomic E-state index is 0.164. The molecule has 0 aliphatic heterocycles. The van der Waals surface area contributed by atoms with Gasteiger partial charge in [0.1, 0.15) is 18.7 Å². The van der Waals surface area contributed by atoms with Crippen molar-refractivity contribution in [2.75, 3.05) is 6.61 Å². The number of esters is 1. The Bertz CT molecular complexity index is 981. The molecule has 4 nitrogen and oxygen atoms in total. The molecule has 0 saturated heterocycles. The minimum atomic E-state index is -0.267. The second kappa shape index (κ2) is 8.27. The molecule has 0 amide bonds. The van der Waals surface area contributed by atoms with E-state index in [1.54, 1.807) is 0 Å². The zero-order valence-electron chi connectivity index (χ0n) is 23.6. The third kappa shape index (κ3) is 3.27. The molecular formula is C32H48O4. The second-order valence-corrected chi connectivity index (χ2v) is 14.8. The molecular weight excluding hydrogens is 448 g/mol. The van der Waals surface area contributed by atoms with Crippen LogP contribution in [0.2, 0.25) is 0 Å². The third-order valence-electron chi connectivity index (χ3n) is 13.5. The van der Waals surface area contributed by atoms with Crippen molar-refractivity contribution in [1.82, 2.24) is 0 Å². The van der Waals surface area contributed by atoms with Gasteiger partial charge in [0, 0.05) is 24.2 Å². The van der Waals surface area contributed by atoms with Gasteiger partial charge in [-0.05, 0) is 109 Å². The van der Waals surface area contributed by atoms with Crippen LogP contribution in [0.1, 0.15) is 106 Å². The highest BCUT2D eigenvalue weighted by Gasteiger charge is 2.71. The fraction of sp³-hybridized carbons (Fsp3) is 0.844. The summed E-state index contributed by atoms with van der Waals surface area (Å²) in [5, 5.41) is 0. The molecule has 0 aromatic heterocycles. The number of carbonyl (C=O) groups is 3. The first-order valence-corrected chi connectivity index (χ1v) is 14.6. The molecule has 0 N–H and O–H groups in total. The topological polar surface area (TPSA) is 60.4 Å². The summed E-state index contributed by atoms with van der Waals surface area (Å²) >= 11 is 0. The summed E-state index contributed by atoms with van der Waals surface area (Å²) in [5.74, 6) is 2.30. The molecule has 36 heavy (non-hydrogen) atoms. The van der Waals surface area contributed by atoms with Gasteiger partial charge in [-0.15, -0.1) is 0 Å². The van der Waals surface area contributed by atoms with Crippen LogP contribution in [0.5, 0.6) is 0 Å². The quantitative estimate of drug-likeness (QED) is 0.240. The predicted molar refractivity (Wildman–Crippen MR) is 141 cm³/mol. The first-order valence-electron chi connectivity index (χ1n) is 14.6. The lowest BCUT2D eigenvalue weighted by atomic mass is 9.32. The molecule has 5 saturated carbocycles. The van der Waals surface area contributed by atoms with Gasteiger partial charge in [-0.3, -0.25) is 9.59 Å². The van der Waals surface area contributed by atoms with Gasteiger partial charge in [0.25, 0.3) is 0 Å². The molecule has 4 heteroatoms. The van der Waals surface area contributed by atoms with Crippen LogP contribution in [-0.4, -0.2) is 24.6 Å². The van der Waals surface area contributed by atoms with Crippen molar-refractivity contribution in [2.45, 2.75) is 106 Å². The molecule has 9 atom stereocenters. The van der Waals surface area contributed by atoms with Crippen LogP contribution in [0, 0.1) is 56.7 Å². The Morgan fingerprint density at radius 3 is 2.33 bits per heavy atom. The van der Waals surface area contributed by atoms with E-state index in [0.29, 0.717) is 29.5 Å². The summed E-state index contributed by atoms with van der Waals surface area (Å²) in [5.41, 5.74) is 1.09. The van der Waals surface area contributed by atoms with Crippen molar-refractivity contribution in [3.8, 4) is 0 Å². The van der Waals surface area contributed by atoms with E-state index in [-0.39, 0.29) is 45.6 Å². The number of rotatable bonds is 4. The van der Waals surface area contributed by atoms with Gasteiger partial charge in [0.05, 0.1) is 0 Å². The monoisotopic (exact) mass is 496 g/mol. The third-order valence-corrected chi connectivity index (χ3v) is 13.5. The van der Waals surface area contributed by atoms with E-state index in [9.17, 15) is 14.4 Å². The Kier molecular flexibility index (Phi) is 6.01. The SMILES string of the molecule is C=C(COC(C)=O)[C@@H]1CC[C@]2(C=O)CC[C@]3(C)[C@H](CC[C@@H]4[C@@]5(C)CCC(=O)C(C)(C)C5CC[C@]43C)[C@@H]12. The smallest absolute Gasteiger partial charge is 0.302 e. The van der Waals surface area contributed by atoms with E-state index in [1.807, 2.05) is 0 Å². The Morgan fingerprint density at radius 2 is 1.67 bits per heavy atom. The zero-order chi connectivity index (χ0) is 26.3. The molecule has 0 heterocycles. The lowest BCUT2D eigenvalue weighted by Crippen LogP contribution is -2.66. The van der Waals surface area contributed by atoms with Crippen molar-refractivity contribution in [3.05, 3.63) is 12.2 Å². The summed E-state index contributed by atoms with van der Waals surface area (Å²) in [4.78, 5) is 37.2. The van der Waals surface area contributed by atoms with Gasteiger partial charge >= 0.3 is 5.97 Å². The maximum absolute atomic E-state index is 13.0. The number of hydrogen-bond donors (Lipinski definition) is 0. The maximum atomic E-state index is 13.0.